The predicted octanol–water partition coefficient (Wildman–Crippen LogP) is 1.60. The second kappa shape index (κ2) is 10.6. The Morgan fingerprint density at radius 1 is 1.19 bits per heavy atom. The molecule has 0 spiro atoms. The molecule has 2 rings (SSSR count). The maximum Gasteiger partial charge on any atom is 0.240 e. The number of nitrogens with one attached hydrogen (secondary N) is 2. The number of likely N-dealkylation sites (tertiary alicyclic amines) is 1. The van der Waals surface area contributed by atoms with Gasteiger partial charge in [0.05, 0.1) is 11.5 Å². The quantitative estimate of drug-likeness (QED) is 0.626. The van der Waals surface area contributed by atoms with Crippen molar-refractivity contribution < 1.29 is 17.9 Å². The van der Waals surface area contributed by atoms with E-state index in [1.54, 1.807) is 12.1 Å². The minimum absolute atomic E-state index is 0.00583. The highest BCUT2D eigenvalue weighted by molar-refractivity contribution is 7.89. The molecule has 7 nitrogen and oxygen atoms in total. The van der Waals surface area contributed by atoms with Crippen molar-refractivity contribution in [1.29, 1.82) is 0 Å². The monoisotopic (exact) mass is 397 g/mol. The Kier molecular flexibility index (Phi) is 8.53. The molecule has 1 aliphatic rings. The number of benzene rings is 1. The van der Waals surface area contributed by atoms with Gasteiger partial charge >= 0.3 is 0 Å². The molecule has 0 bridgehead atoms. The fraction of sp³-hybridized carbons (Fsp3) is 0.632. The summed E-state index contributed by atoms with van der Waals surface area (Å²) < 4.78 is 32.5. The molecule has 8 heteroatoms. The van der Waals surface area contributed by atoms with Crippen molar-refractivity contribution in [3.63, 3.8) is 0 Å². The molecule has 0 aromatic heterocycles. The summed E-state index contributed by atoms with van der Waals surface area (Å²) in [6, 6.07) is 6.26. The van der Waals surface area contributed by atoms with Crippen molar-refractivity contribution >= 4 is 15.9 Å². The van der Waals surface area contributed by atoms with Crippen LogP contribution < -0.4 is 14.8 Å². The lowest BCUT2D eigenvalue weighted by molar-refractivity contribution is -0.132. The van der Waals surface area contributed by atoms with Crippen LogP contribution in [-0.2, 0) is 14.8 Å². The third kappa shape index (κ3) is 6.79. The van der Waals surface area contributed by atoms with Crippen LogP contribution in [0.4, 0.5) is 0 Å². The van der Waals surface area contributed by atoms with Crippen molar-refractivity contribution in [1.82, 2.24) is 14.9 Å². The van der Waals surface area contributed by atoms with Gasteiger partial charge in [-0.1, -0.05) is 6.92 Å². The van der Waals surface area contributed by atoms with Gasteiger partial charge in [-0.2, -0.15) is 0 Å². The summed E-state index contributed by atoms with van der Waals surface area (Å²) in [7, 11) is -3.62. The van der Waals surface area contributed by atoms with E-state index in [9.17, 15) is 13.2 Å². The van der Waals surface area contributed by atoms with Crippen molar-refractivity contribution in [2.45, 2.75) is 38.0 Å². The van der Waals surface area contributed by atoms with Gasteiger partial charge in [-0.3, -0.25) is 4.79 Å². The second-order valence-electron chi connectivity index (χ2n) is 6.68. The number of ether oxygens (including phenoxy) is 1. The molecule has 1 heterocycles. The number of carbonyl (C=O) groups excluding carboxylic acids is 1. The fourth-order valence-electron chi connectivity index (χ4n) is 3.15. The van der Waals surface area contributed by atoms with E-state index in [1.807, 2.05) is 11.8 Å². The molecule has 152 valence electrons. The molecular formula is C19H31N3O4S. The summed E-state index contributed by atoms with van der Waals surface area (Å²) in [4.78, 5) is 14.3. The van der Waals surface area contributed by atoms with Gasteiger partial charge in [-0.15, -0.1) is 0 Å². The Morgan fingerprint density at radius 3 is 2.44 bits per heavy atom. The number of rotatable bonds is 10. The van der Waals surface area contributed by atoms with Crippen LogP contribution in [0.25, 0.3) is 0 Å². The first-order chi connectivity index (χ1) is 13.0. The number of hydrogen-bond donors (Lipinski definition) is 2. The third-order valence-electron chi connectivity index (χ3n) is 4.73. The molecule has 0 atom stereocenters. The molecule has 0 aliphatic carbocycles. The molecule has 1 saturated heterocycles. The topological polar surface area (TPSA) is 87.7 Å². The second-order valence-corrected chi connectivity index (χ2v) is 8.45. The summed E-state index contributed by atoms with van der Waals surface area (Å²) in [5.74, 6) is 1.25. The van der Waals surface area contributed by atoms with Crippen molar-refractivity contribution in [2.24, 2.45) is 5.92 Å². The van der Waals surface area contributed by atoms with Gasteiger partial charge in [0.2, 0.25) is 15.9 Å². The Hall–Kier alpha value is -1.64. The van der Waals surface area contributed by atoms with Gasteiger partial charge in [0.1, 0.15) is 5.75 Å². The lowest BCUT2D eigenvalue weighted by Gasteiger charge is -2.32. The fourth-order valence-corrected chi connectivity index (χ4v) is 4.18. The summed E-state index contributed by atoms with van der Waals surface area (Å²) in [5.41, 5.74) is 0. The van der Waals surface area contributed by atoms with Crippen LogP contribution in [-0.4, -0.2) is 58.6 Å². The van der Waals surface area contributed by atoms with E-state index in [1.165, 1.54) is 12.1 Å². The largest absolute Gasteiger partial charge is 0.494 e. The molecule has 27 heavy (non-hydrogen) atoms. The Labute approximate surface area is 162 Å². The first-order valence-electron chi connectivity index (χ1n) is 9.67. The number of nitrogens with zero attached hydrogens (tertiary/aromatic N) is 1. The van der Waals surface area contributed by atoms with Gasteiger partial charge in [-0.05, 0) is 63.0 Å². The Bertz CT molecular complexity index is 683. The summed E-state index contributed by atoms with van der Waals surface area (Å²) in [6.45, 7) is 8.06. The van der Waals surface area contributed by atoms with Gasteiger partial charge in [0, 0.05) is 26.1 Å². The zero-order chi connectivity index (χ0) is 19.7. The smallest absolute Gasteiger partial charge is 0.240 e. The van der Waals surface area contributed by atoms with Crippen LogP contribution in [0, 0.1) is 5.92 Å². The van der Waals surface area contributed by atoms with Crippen molar-refractivity contribution in [3.05, 3.63) is 24.3 Å². The predicted molar refractivity (Wildman–Crippen MR) is 105 cm³/mol. The van der Waals surface area contributed by atoms with E-state index in [0.29, 0.717) is 18.3 Å². The lowest BCUT2D eigenvalue weighted by Crippen LogP contribution is -2.41. The SMILES string of the molecule is CCNCC1CCN(C(=O)CCNS(=O)(=O)c2ccc(OCC)cc2)CC1. The normalized spacial score (nSPS) is 15.7. The van der Waals surface area contributed by atoms with E-state index in [4.69, 9.17) is 4.74 Å². The summed E-state index contributed by atoms with van der Waals surface area (Å²) in [6.07, 6.45) is 2.17. The summed E-state index contributed by atoms with van der Waals surface area (Å²) in [5, 5.41) is 3.35. The molecule has 1 fully saturated rings. The average Bonchev–Trinajstić information content (AvgIpc) is 2.67. The van der Waals surface area contributed by atoms with E-state index >= 15 is 0 Å². The van der Waals surface area contributed by atoms with Crippen LogP contribution in [0.15, 0.2) is 29.2 Å². The molecule has 1 aromatic rings. The Balaban J connectivity index is 1.75. The third-order valence-corrected chi connectivity index (χ3v) is 6.20. The average molecular weight is 398 g/mol. The highest BCUT2D eigenvalue weighted by Crippen LogP contribution is 2.18. The lowest BCUT2D eigenvalue weighted by atomic mass is 9.96. The van der Waals surface area contributed by atoms with Crippen LogP contribution in [0.5, 0.6) is 5.75 Å². The minimum Gasteiger partial charge on any atom is -0.494 e. The molecule has 1 amide bonds. The molecule has 0 saturated carbocycles. The van der Waals surface area contributed by atoms with Crippen molar-refractivity contribution in [3.8, 4) is 5.75 Å². The molecule has 0 unspecified atom stereocenters. The molecule has 0 radical (unpaired) electrons. The van der Waals surface area contributed by atoms with Crippen LogP contribution in [0.3, 0.4) is 0 Å². The van der Waals surface area contributed by atoms with Crippen molar-refractivity contribution in [2.75, 3.05) is 39.3 Å². The van der Waals surface area contributed by atoms with Gasteiger partial charge in [0.15, 0.2) is 0 Å². The van der Waals surface area contributed by atoms with Crippen LogP contribution in [0.1, 0.15) is 33.1 Å². The Morgan fingerprint density at radius 2 is 1.85 bits per heavy atom. The minimum atomic E-state index is -3.62. The molecule has 2 N–H and O–H groups in total. The van der Waals surface area contributed by atoms with Gasteiger partial charge in [0.25, 0.3) is 0 Å². The van der Waals surface area contributed by atoms with E-state index in [2.05, 4.69) is 17.0 Å². The summed E-state index contributed by atoms with van der Waals surface area (Å²) >= 11 is 0. The van der Waals surface area contributed by atoms with E-state index in [0.717, 1.165) is 39.0 Å². The van der Waals surface area contributed by atoms with E-state index in [-0.39, 0.29) is 23.8 Å². The number of amides is 1. The molecular weight excluding hydrogens is 366 g/mol. The molecule has 1 aromatic carbocycles. The zero-order valence-electron chi connectivity index (χ0n) is 16.2. The number of sulfonamides is 1. The van der Waals surface area contributed by atoms with Gasteiger partial charge in [-0.25, -0.2) is 13.1 Å². The van der Waals surface area contributed by atoms with Crippen LogP contribution >= 0.6 is 0 Å². The number of carbonyl (C=O) groups is 1. The first kappa shape index (κ1) is 21.7. The van der Waals surface area contributed by atoms with Crippen LogP contribution in [0.2, 0.25) is 0 Å². The standard InChI is InChI=1S/C19H31N3O4S/c1-3-20-15-16-10-13-22(14-11-16)19(23)9-12-21-27(24,25)18-7-5-17(6-8-18)26-4-2/h5-8,16,20-21H,3-4,9-15H2,1-2H3. The highest BCUT2D eigenvalue weighted by atomic mass is 32.2. The van der Waals surface area contributed by atoms with Gasteiger partial charge < -0.3 is 15.0 Å². The maximum atomic E-state index is 12.3. The molecule has 1 aliphatic heterocycles. The zero-order valence-corrected chi connectivity index (χ0v) is 17.1. The van der Waals surface area contributed by atoms with E-state index < -0.39 is 10.0 Å². The maximum absolute atomic E-state index is 12.3. The first-order valence-corrected chi connectivity index (χ1v) is 11.2. The number of piperidine rings is 1. The highest BCUT2D eigenvalue weighted by Gasteiger charge is 2.22. The number of hydrogen-bond acceptors (Lipinski definition) is 5.